The number of hydrogen-bond donors (Lipinski definition) is 2. The number of nitrogens with one attached hydrogen (secondary N) is 2. The van der Waals surface area contributed by atoms with Crippen LogP contribution in [-0.4, -0.2) is 58.9 Å². The number of unbranched alkanes of at least 4 members (excludes halogenated alkanes) is 2. The number of piperidine rings is 1. The van der Waals surface area contributed by atoms with E-state index >= 15 is 0 Å². The minimum absolute atomic E-state index is 0. The zero-order chi connectivity index (χ0) is 18.2. The van der Waals surface area contributed by atoms with E-state index in [2.05, 4.69) is 30.6 Å². The molecule has 3 heterocycles. The molecule has 7 nitrogen and oxygen atoms in total. The minimum atomic E-state index is 0. The highest BCUT2D eigenvalue weighted by Gasteiger charge is 2.24. The third-order valence-electron chi connectivity index (χ3n) is 5.41. The molecule has 0 saturated carbocycles. The summed E-state index contributed by atoms with van der Waals surface area (Å²) in [5.41, 5.74) is 0. The predicted molar refractivity (Wildman–Crippen MR) is 121 cm³/mol. The topological polar surface area (TPSA) is 70.4 Å². The summed E-state index contributed by atoms with van der Waals surface area (Å²) < 4.78 is 2.03. The Hall–Kier alpha value is -0.900. The molecule has 0 radical (unpaired) electrons. The molecule has 2 aliphatic heterocycles. The fourth-order valence-electron chi connectivity index (χ4n) is 3.99. The summed E-state index contributed by atoms with van der Waals surface area (Å²) in [5, 5.41) is 11.5. The first-order valence-corrected chi connectivity index (χ1v) is 10.4. The summed E-state index contributed by atoms with van der Waals surface area (Å²) in [6, 6.07) is 0.204. The van der Waals surface area contributed by atoms with Gasteiger partial charge in [0, 0.05) is 20.1 Å². The van der Waals surface area contributed by atoms with E-state index in [4.69, 9.17) is 0 Å². The second-order valence-electron chi connectivity index (χ2n) is 7.54. The van der Waals surface area contributed by atoms with E-state index < -0.39 is 0 Å². The molecule has 2 N–H and O–H groups in total. The van der Waals surface area contributed by atoms with Crippen molar-refractivity contribution in [2.75, 3.05) is 33.2 Å². The molecule has 1 aromatic rings. The SMILES string of the molecule is CN=C(NCCCCCN1CCCCC1)NC1CCCn2nc(C)nc21.I. The smallest absolute Gasteiger partial charge is 0.191 e. The van der Waals surface area contributed by atoms with Gasteiger partial charge >= 0.3 is 0 Å². The lowest BCUT2D eigenvalue weighted by molar-refractivity contribution is 0.224. The molecule has 3 rings (SSSR count). The Morgan fingerprint density at radius 1 is 1.11 bits per heavy atom. The van der Waals surface area contributed by atoms with Gasteiger partial charge in [0.15, 0.2) is 5.96 Å². The molecule has 1 saturated heterocycles. The van der Waals surface area contributed by atoms with Crippen molar-refractivity contribution in [3.05, 3.63) is 11.6 Å². The van der Waals surface area contributed by atoms with Crippen LogP contribution in [-0.2, 0) is 6.54 Å². The van der Waals surface area contributed by atoms with Crippen molar-refractivity contribution in [2.24, 2.45) is 4.99 Å². The van der Waals surface area contributed by atoms with Gasteiger partial charge in [-0.05, 0) is 65.1 Å². The summed E-state index contributed by atoms with van der Waals surface area (Å²) >= 11 is 0. The van der Waals surface area contributed by atoms with Gasteiger partial charge in [-0.1, -0.05) is 12.8 Å². The Bertz CT molecular complexity index is 581. The number of fused-ring (bicyclic) bond motifs is 1. The summed E-state index contributed by atoms with van der Waals surface area (Å²) in [6.45, 7) is 7.78. The van der Waals surface area contributed by atoms with Crippen LogP contribution < -0.4 is 10.6 Å². The van der Waals surface area contributed by atoms with Crippen LogP contribution in [0.2, 0.25) is 0 Å². The third kappa shape index (κ3) is 6.89. The first kappa shape index (κ1) is 22.4. The van der Waals surface area contributed by atoms with Crippen molar-refractivity contribution in [3.63, 3.8) is 0 Å². The molecule has 1 atom stereocenters. The Labute approximate surface area is 180 Å². The Morgan fingerprint density at radius 2 is 1.93 bits per heavy atom. The maximum absolute atomic E-state index is 4.59. The summed E-state index contributed by atoms with van der Waals surface area (Å²) in [4.78, 5) is 11.6. The number of guanidine groups is 1. The monoisotopic (exact) mass is 489 g/mol. The van der Waals surface area contributed by atoms with Crippen LogP contribution in [0.25, 0.3) is 0 Å². The highest BCUT2D eigenvalue weighted by Crippen LogP contribution is 2.22. The normalized spacial score (nSPS) is 20.7. The van der Waals surface area contributed by atoms with E-state index in [1.165, 1.54) is 58.2 Å². The third-order valence-corrected chi connectivity index (χ3v) is 5.41. The molecule has 0 amide bonds. The average Bonchev–Trinajstić information content (AvgIpc) is 3.05. The molecule has 0 bridgehead atoms. The molecule has 0 aromatic carbocycles. The van der Waals surface area contributed by atoms with E-state index in [9.17, 15) is 0 Å². The lowest BCUT2D eigenvalue weighted by Gasteiger charge is -2.26. The van der Waals surface area contributed by atoms with Gasteiger partial charge in [-0.3, -0.25) is 4.99 Å². The predicted octanol–water partition coefficient (Wildman–Crippen LogP) is 2.86. The molecule has 1 unspecified atom stereocenters. The van der Waals surface area contributed by atoms with Gasteiger partial charge in [0.05, 0.1) is 6.04 Å². The zero-order valence-electron chi connectivity index (χ0n) is 16.9. The Balaban J connectivity index is 0.00000261. The van der Waals surface area contributed by atoms with Gasteiger partial charge in [0.2, 0.25) is 0 Å². The molecular formula is C19H36IN7. The van der Waals surface area contributed by atoms with Crippen molar-refractivity contribution in [1.82, 2.24) is 30.3 Å². The highest BCUT2D eigenvalue weighted by atomic mass is 127. The fourth-order valence-corrected chi connectivity index (χ4v) is 3.99. The van der Waals surface area contributed by atoms with Gasteiger partial charge < -0.3 is 15.5 Å². The van der Waals surface area contributed by atoms with Gasteiger partial charge in [-0.25, -0.2) is 9.67 Å². The Kier molecular flexibility index (Phi) is 9.81. The number of aromatic nitrogens is 3. The van der Waals surface area contributed by atoms with Crippen molar-refractivity contribution in [2.45, 2.75) is 70.9 Å². The zero-order valence-corrected chi connectivity index (χ0v) is 19.2. The van der Waals surface area contributed by atoms with Crippen molar-refractivity contribution in [1.29, 1.82) is 0 Å². The van der Waals surface area contributed by atoms with E-state index in [-0.39, 0.29) is 30.0 Å². The standard InChI is InChI=1S/C19H35N7.HI/c1-16-22-18-17(10-9-15-26(18)24-16)23-19(20-2)21-11-5-3-6-12-25-13-7-4-8-14-25;/h17H,3-15H2,1-2H3,(H2,20,21,23);1H. The first-order valence-electron chi connectivity index (χ1n) is 10.4. The van der Waals surface area contributed by atoms with Crippen LogP contribution in [0, 0.1) is 6.92 Å². The molecular weight excluding hydrogens is 453 g/mol. The molecule has 1 aromatic heterocycles. The minimum Gasteiger partial charge on any atom is -0.356 e. The quantitative estimate of drug-likeness (QED) is 0.267. The Morgan fingerprint density at radius 3 is 2.70 bits per heavy atom. The number of likely N-dealkylation sites (tertiary alicyclic amines) is 1. The van der Waals surface area contributed by atoms with Crippen LogP contribution in [0.1, 0.15) is 69.1 Å². The summed E-state index contributed by atoms with van der Waals surface area (Å²) in [7, 11) is 1.84. The van der Waals surface area contributed by atoms with Crippen LogP contribution in [0.15, 0.2) is 4.99 Å². The van der Waals surface area contributed by atoms with E-state index in [0.717, 1.165) is 43.5 Å². The summed E-state index contributed by atoms with van der Waals surface area (Å²) in [6.07, 6.45) is 10.2. The number of hydrogen-bond acceptors (Lipinski definition) is 4. The molecule has 1 fully saturated rings. The molecule has 154 valence electrons. The number of aliphatic imine (C=N–C) groups is 1. The van der Waals surface area contributed by atoms with E-state index in [1.54, 1.807) is 0 Å². The van der Waals surface area contributed by atoms with Crippen LogP contribution >= 0.6 is 24.0 Å². The van der Waals surface area contributed by atoms with Crippen molar-refractivity contribution in [3.8, 4) is 0 Å². The van der Waals surface area contributed by atoms with Gasteiger partial charge in [-0.15, -0.1) is 24.0 Å². The molecule has 0 aliphatic carbocycles. The summed E-state index contributed by atoms with van der Waals surface area (Å²) in [5.74, 6) is 2.77. The highest BCUT2D eigenvalue weighted by molar-refractivity contribution is 14.0. The second kappa shape index (κ2) is 11.8. The molecule has 27 heavy (non-hydrogen) atoms. The van der Waals surface area contributed by atoms with Crippen LogP contribution in [0.4, 0.5) is 0 Å². The van der Waals surface area contributed by atoms with Gasteiger partial charge in [0.1, 0.15) is 11.6 Å². The van der Waals surface area contributed by atoms with Gasteiger partial charge in [0.25, 0.3) is 0 Å². The fraction of sp³-hybridized carbons (Fsp3) is 0.842. The lowest BCUT2D eigenvalue weighted by Crippen LogP contribution is -2.41. The lowest BCUT2D eigenvalue weighted by atomic mass is 10.1. The van der Waals surface area contributed by atoms with E-state index in [1.807, 2.05) is 18.7 Å². The first-order chi connectivity index (χ1) is 12.8. The number of aryl methyl sites for hydroxylation is 2. The maximum atomic E-state index is 4.59. The molecule has 0 spiro atoms. The van der Waals surface area contributed by atoms with E-state index in [0.29, 0.717) is 0 Å². The van der Waals surface area contributed by atoms with Crippen molar-refractivity contribution < 1.29 is 0 Å². The molecule has 2 aliphatic rings. The van der Waals surface area contributed by atoms with Crippen LogP contribution in [0.3, 0.4) is 0 Å². The second-order valence-corrected chi connectivity index (χ2v) is 7.54. The van der Waals surface area contributed by atoms with Gasteiger partial charge in [-0.2, -0.15) is 5.10 Å². The number of halogens is 1. The molecule has 8 heteroatoms. The number of rotatable bonds is 7. The van der Waals surface area contributed by atoms with Crippen LogP contribution in [0.5, 0.6) is 0 Å². The number of nitrogens with zero attached hydrogens (tertiary/aromatic N) is 5. The maximum Gasteiger partial charge on any atom is 0.191 e. The average molecular weight is 489 g/mol. The van der Waals surface area contributed by atoms with Crippen molar-refractivity contribution >= 4 is 29.9 Å². The largest absolute Gasteiger partial charge is 0.356 e.